The van der Waals surface area contributed by atoms with Gasteiger partial charge in [-0.3, -0.25) is 0 Å². The lowest BCUT2D eigenvalue weighted by molar-refractivity contribution is 0.600. The molecule has 0 radical (unpaired) electrons. The van der Waals surface area contributed by atoms with Gasteiger partial charge in [-0.2, -0.15) is 12.8 Å². The Morgan fingerprint density at radius 2 is 2.06 bits per heavy atom. The summed E-state index contributed by atoms with van der Waals surface area (Å²) in [5, 5.41) is 3.63. The summed E-state index contributed by atoms with van der Waals surface area (Å²) >= 11 is 2.65. The Bertz CT molecular complexity index is 594. The zero-order valence-electron chi connectivity index (χ0n) is 8.45. The molecule has 0 atom stereocenters. The summed E-state index contributed by atoms with van der Waals surface area (Å²) in [5.41, 5.74) is 1.04. The molecule has 0 spiro atoms. The van der Waals surface area contributed by atoms with Crippen molar-refractivity contribution in [3.8, 4) is 0 Å². The van der Waals surface area contributed by atoms with Crippen molar-refractivity contribution in [1.29, 1.82) is 0 Å². The maximum atomic E-state index is 11.7. The molecule has 0 saturated carbocycles. The molecule has 0 aliphatic carbocycles. The van der Waals surface area contributed by atoms with Crippen LogP contribution in [0.3, 0.4) is 0 Å². The van der Waals surface area contributed by atoms with Gasteiger partial charge in [-0.05, 0) is 35.4 Å². The quantitative estimate of drug-likeness (QED) is 0.806. The fourth-order valence-corrected chi connectivity index (χ4v) is 3.78. The predicted octanol–water partition coefficient (Wildman–Crippen LogP) is 2.93. The molecular formula is C10H9NO2S3. The summed E-state index contributed by atoms with van der Waals surface area (Å²) in [6.07, 6.45) is 1.41. The SMILES string of the molecule is Cc1ccsc1/C=N\S(=O)(=O)c1cccs1. The van der Waals surface area contributed by atoms with E-state index >= 15 is 0 Å². The summed E-state index contributed by atoms with van der Waals surface area (Å²) in [5.74, 6) is 0. The molecule has 2 rings (SSSR count). The summed E-state index contributed by atoms with van der Waals surface area (Å²) in [6.45, 7) is 1.93. The van der Waals surface area contributed by atoms with E-state index in [0.29, 0.717) is 0 Å². The lowest BCUT2D eigenvalue weighted by atomic mass is 10.3. The molecule has 0 aromatic carbocycles. The first-order valence-electron chi connectivity index (χ1n) is 4.47. The molecular weight excluding hydrogens is 262 g/mol. The van der Waals surface area contributed by atoms with Crippen molar-refractivity contribution in [2.45, 2.75) is 11.1 Å². The maximum Gasteiger partial charge on any atom is 0.291 e. The highest BCUT2D eigenvalue weighted by molar-refractivity contribution is 7.92. The number of hydrogen-bond donors (Lipinski definition) is 0. The van der Waals surface area contributed by atoms with E-state index in [4.69, 9.17) is 0 Å². The molecule has 6 heteroatoms. The van der Waals surface area contributed by atoms with Crippen molar-refractivity contribution in [1.82, 2.24) is 0 Å². The monoisotopic (exact) mass is 271 g/mol. The van der Waals surface area contributed by atoms with Crippen LogP contribution < -0.4 is 0 Å². The Morgan fingerprint density at radius 1 is 1.25 bits per heavy atom. The van der Waals surface area contributed by atoms with Gasteiger partial charge < -0.3 is 0 Å². The van der Waals surface area contributed by atoms with E-state index in [2.05, 4.69) is 4.40 Å². The van der Waals surface area contributed by atoms with E-state index < -0.39 is 10.0 Å². The zero-order valence-corrected chi connectivity index (χ0v) is 10.9. The van der Waals surface area contributed by atoms with Crippen molar-refractivity contribution in [2.75, 3.05) is 0 Å². The van der Waals surface area contributed by atoms with Crippen molar-refractivity contribution in [2.24, 2.45) is 4.40 Å². The molecule has 2 aromatic rings. The van der Waals surface area contributed by atoms with E-state index in [9.17, 15) is 8.42 Å². The van der Waals surface area contributed by atoms with Gasteiger partial charge in [0.25, 0.3) is 10.0 Å². The van der Waals surface area contributed by atoms with E-state index in [1.807, 2.05) is 18.4 Å². The highest BCUT2D eigenvalue weighted by atomic mass is 32.2. The summed E-state index contributed by atoms with van der Waals surface area (Å²) in [7, 11) is -3.52. The number of hydrogen-bond acceptors (Lipinski definition) is 4. The van der Waals surface area contributed by atoms with Crippen LogP contribution in [0.15, 0.2) is 37.6 Å². The molecule has 0 aliphatic heterocycles. The smallest absolute Gasteiger partial charge is 0.198 e. The minimum atomic E-state index is -3.52. The van der Waals surface area contributed by atoms with Crippen LogP contribution in [0.2, 0.25) is 0 Å². The van der Waals surface area contributed by atoms with Gasteiger partial charge in [-0.1, -0.05) is 6.07 Å². The van der Waals surface area contributed by atoms with Gasteiger partial charge in [0.05, 0.1) is 6.21 Å². The Hall–Kier alpha value is -0.980. The largest absolute Gasteiger partial charge is 0.291 e. The lowest BCUT2D eigenvalue weighted by Crippen LogP contribution is -1.94. The number of rotatable bonds is 3. The number of nitrogens with zero attached hydrogens (tertiary/aromatic N) is 1. The lowest BCUT2D eigenvalue weighted by Gasteiger charge is -1.92. The molecule has 0 bridgehead atoms. The van der Waals surface area contributed by atoms with Gasteiger partial charge in [0.1, 0.15) is 4.21 Å². The van der Waals surface area contributed by atoms with Crippen LogP contribution in [0.5, 0.6) is 0 Å². The van der Waals surface area contributed by atoms with E-state index in [0.717, 1.165) is 10.4 Å². The second-order valence-corrected chi connectivity index (χ2v) is 6.86. The molecule has 0 saturated heterocycles. The predicted molar refractivity (Wildman–Crippen MR) is 68.2 cm³/mol. The molecule has 0 unspecified atom stereocenters. The van der Waals surface area contributed by atoms with Gasteiger partial charge >= 0.3 is 0 Å². The highest BCUT2D eigenvalue weighted by Gasteiger charge is 2.12. The van der Waals surface area contributed by atoms with Gasteiger partial charge in [0.2, 0.25) is 0 Å². The minimum Gasteiger partial charge on any atom is -0.198 e. The minimum absolute atomic E-state index is 0.276. The first-order valence-corrected chi connectivity index (χ1v) is 7.67. The Balaban J connectivity index is 2.29. The van der Waals surface area contributed by atoms with Crippen molar-refractivity contribution in [3.63, 3.8) is 0 Å². The molecule has 2 heterocycles. The van der Waals surface area contributed by atoms with Crippen LogP contribution >= 0.6 is 22.7 Å². The maximum absolute atomic E-state index is 11.7. The van der Waals surface area contributed by atoms with Crippen molar-refractivity contribution in [3.05, 3.63) is 39.4 Å². The average Bonchev–Trinajstić information content (AvgIpc) is 2.85. The first-order chi connectivity index (χ1) is 7.59. The van der Waals surface area contributed by atoms with Crippen LogP contribution in [0.1, 0.15) is 10.4 Å². The Labute approximate surface area is 102 Å². The van der Waals surface area contributed by atoms with Crippen LogP contribution in [-0.4, -0.2) is 14.6 Å². The van der Waals surface area contributed by atoms with Crippen LogP contribution in [-0.2, 0) is 10.0 Å². The molecule has 3 nitrogen and oxygen atoms in total. The molecule has 0 N–H and O–H groups in total. The summed E-state index contributed by atoms with van der Waals surface area (Å²) in [4.78, 5) is 0.875. The van der Waals surface area contributed by atoms with Gasteiger partial charge in [0, 0.05) is 4.88 Å². The zero-order chi connectivity index (χ0) is 11.6. The molecule has 16 heavy (non-hydrogen) atoms. The van der Waals surface area contributed by atoms with Gasteiger partial charge in [0.15, 0.2) is 0 Å². The molecule has 0 aliphatic rings. The van der Waals surface area contributed by atoms with Crippen molar-refractivity contribution < 1.29 is 8.42 Å². The van der Waals surface area contributed by atoms with Crippen molar-refractivity contribution >= 4 is 38.9 Å². The number of aryl methyl sites for hydroxylation is 1. The van der Waals surface area contributed by atoms with Gasteiger partial charge in [-0.25, -0.2) is 0 Å². The fourth-order valence-electron chi connectivity index (χ4n) is 1.10. The summed E-state index contributed by atoms with van der Waals surface area (Å²) in [6, 6.07) is 5.19. The second kappa shape index (κ2) is 4.48. The van der Waals surface area contributed by atoms with E-state index in [1.54, 1.807) is 17.5 Å². The molecule has 84 valence electrons. The number of thiophene rings is 2. The first kappa shape index (κ1) is 11.5. The summed E-state index contributed by atoms with van der Waals surface area (Å²) < 4.78 is 27.4. The third-order valence-electron chi connectivity index (χ3n) is 1.96. The van der Waals surface area contributed by atoms with Crippen LogP contribution in [0.4, 0.5) is 0 Å². The van der Waals surface area contributed by atoms with E-state index in [-0.39, 0.29) is 4.21 Å². The third kappa shape index (κ3) is 2.40. The van der Waals surface area contributed by atoms with Crippen LogP contribution in [0.25, 0.3) is 0 Å². The highest BCUT2D eigenvalue weighted by Crippen LogP contribution is 2.19. The van der Waals surface area contributed by atoms with Gasteiger partial charge in [-0.15, -0.1) is 22.7 Å². The number of sulfonamides is 1. The molecule has 0 fully saturated rings. The molecule has 0 amide bonds. The molecule has 2 aromatic heterocycles. The fraction of sp³-hybridized carbons (Fsp3) is 0.100. The topological polar surface area (TPSA) is 46.5 Å². The normalized spacial score (nSPS) is 12.3. The third-order valence-corrected chi connectivity index (χ3v) is 5.52. The second-order valence-electron chi connectivity index (χ2n) is 3.11. The van der Waals surface area contributed by atoms with E-state index in [1.165, 1.54) is 28.9 Å². The average molecular weight is 271 g/mol. The standard InChI is InChI=1S/C10H9NO2S3/c1-8-4-6-14-9(8)7-11-16(12,13)10-3-2-5-15-10/h2-7H,1H3/b11-7-. The Morgan fingerprint density at radius 3 is 2.62 bits per heavy atom. The Kier molecular flexibility index (Phi) is 3.22. The van der Waals surface area contributed by atoms with Crippen LogP contribution in [0, 0.1) is 6.92 Å².